The first-order valence-electron chi connectivity index (χ1n) is 6.03. The van der Waals surface area contributed by atoms with E-state index in [9.17, 15) is 18.0 Å². The lowest BCUT2D eigenvalue weighted by Gasteiger charge is -2.13. The second kappa shape index (κ2) is 6.05. The van der Waals surface area contributed by atoms with Gasteiger partial charge in [0.05, 0.1) is 11.1 Å². The highest BCUT2D eigenvalue weighted by molar-refractivity contribution is 14.1. The number of carbonyl (C=O) groups excluding carboxylic acids is 1. The van der Waals surface area contributed by atoms with Crippen LogP contribution in [0.1, 0.15) is 21.5 Å². The highest BCUT2D eigenvalue weighted by Gasteiger charge is 2.32. The lowest BCUT2D eigenvalue weighted by Crippen LogP contribution is -2.15. The SMILES string of the molecule is Cc1ccc(NC(=O)c2ccccc2I)cc1C(F)(F)F. The third-order valence-corrected chi connectivity index (χ3v) is 3.86. The molecular formula is C15H11F3INO. The molecule has 0 fully saturated rings. The largest absolute Gasteiger partial charge is 0.416 e. The minimum Gasteiger partial charge on any atom is -0.322 e. The highest BCUT2D eigenvalue weighted by atomic mass is 127. The summed E-state index contributed by atoms with van der Waals surface area (Å²) >= 11 is 2.00. The molecule has 6 heteroatoms. The third kappa shape index (κ3) is 3.75. The number of amides is 1. The molecule has 2 aromatic rings. The zero-order valence-electron chi connectivity index (χ0n) is 11.0. The van der Waals surface area contributed by atoms with Crippen molar-refractivity contribution >= 4 is 34.2 Å². The quantitative estimate of drug-likeness (QED) is 0.710. The number of alkyl halides is 3. The number of halogens is 4. The van der Waals surface area contributed by atoms with Gasteiger partial charge in [-0.25, -0.2) is 0 Å². The lowest BCUT2D eigenvalue weighted by atomic mass is 10.1. The molecule has 1 N–H and O–H groups in total. The average Bonchev–Trinajstić information content (AvgIpc) is 2.40. The Kier molecular flexibility index (Phi) is 4.55. The monoisotopic (exact) mass is 405 g/mol. The van der Waals surface area contributed by atoms with Gasteiger partial charge in [0.25, 0.3) is 5.91 Å². The van der Waals surface area contributed by atoms with Crippen LogP contribution in [0.25, 0.3) is 0 Å². The van der Waals surface area contributed by atoms with Crippen LogP contribution in [0.4, 0.5) is 18.9 Å². The second-order valence-corrected chi connectivity index (χ2v) is 5.62. The van der Waals surface area contributed by atoms with Crippen LogP contribution in [0, 0.1) is 10.5 Å². The molecule has 1 amide bonds. The Balaban J connectivity index is 2.29. The maximum absolute atomic E-state index is 12.8. The van der Waals surface area contributed by atoms with Gasteiger partial charge in [-0.2, -0.15) is 13.2 Å². The maximum Gasteiger partial charge on any atom is 0.416 e. The van der Waals surface area contributed by atoms with Gasteiger partial charge in [0.2, 0.25) is 0 Å². The number of anilines is 1. The molecule has 110 valence electrons. The Hall–Kier alpha value is -1.57. The number of aryl methyl sites for hydroxylation is 1. The molecule has 0 radical (unpaired) electrons. The minimum atomic E-state index is -4.44. The zero-order valence-corrected chi connectivity index (χ0v) is 13.1. The van der Waals surface area contributed by atoms with E-state index in [-0.39, 0.29) is 11.3 Å². The molecule has 0 atom stereocenters. The molecule has 21 heavy (non-hydrogen) atoms. The van der Waals surface area contributed by atoms with E-state index in [1.54, 1.807) is 24.3 Å². The van der Waals surface area contributed by atoms with Crippen LogP contribution in [-0.4, -0.2) is 5.91 Å². The van der Waals surface area contributed by atoms with Gasteiger partial charge in [-0.3, -0.25) is 4.79 Å². The zero-order chi connectivity index (χ0) is 15.6. The van der Waals surface area contributed by atoms with E-state index in [0.29, 0.717) is 5.56 Å². The van der Waals surface area contributed by atoms with Crippen LogP contribution in [-0.2, 0) is 6.18 Å². The number of hydrogen-bond acceptors (Lipinski definition) is 1. The highest BCUT2D eigenvalue weighted by Crippen LogP contribution is 2.33. The molecule has 0 aliphatic heterocycles. The summed E-state index contributed by atoms with van der Waals surface area (Å²) in [5.74, 6) is -0.433. The lowest BCUT2D eigenvalue weighted by molar-refractivity contribution is -0.138. The van der Waals surface area contributed by atoms with Crippen molar-refractivity contribution in [3.8, 4) is 0 Å². The summed E-state index contributed by atoms with van der Waals surface area (Å²) < 4.78 is 39.3. The first-order chi connectivity index (χ1) is 9.79. The van der Waals surface area contributed by atoms with E-state index in [4.69, 9.17) is 0 Å². The standard InChI is InChI=1S/C15H11F3INO/c1-9-6-7-10(8-12(9)15(16,17)18)20-14(21)11-4-2-3-5-13(11)19/h2-8H,1H3,(H,20,21). The number of hydrogen-bond donors (Lipinski definition) is 1. The molecule has 0 heterocycles. The van der Waals surface area contributed by atoms with Gasteiger partial charge in [0.15, 0.2) is 0 Å². The Morgan fingerprint density at radius 3 is 2.43 bits per heavy atom. The van der Waals surface area contributed by atoms with Crippen molar-refractivity contribution in [3.63, 3.8) is 0 Å². The first kappa shape index (κ1) is 15.8. The maximum atomic E-state index is 12.8. The molecule has 2 aromatic carbocycles. The van der Waals surface area contributed by atoms with E-state index in [1.807, 2.05) is 22.6 Å². The summed E-state index contributed by atoms with van der Waals surface area (Å²) in [4.78, 5) is 12.1. The van der Waals surface area contributed by atoms with Crippen molar-refractivity contribution < 1.29 is 18.0 Å². The summed E-state index contributed by atoms with van der Waals surface area (Å²) in [5.41, 5.74) is -0.0809. The molecule has 0 saturated carbocycles. The van der Waals surface area contributed by atoms with Gasteiger partial charge in [-0.15, -0.1) is 0 Å². The fraction of sp³-hybridized carbons (Fsp3) is 0.133. The Bertz CT molecular complexity index is 683. The van der Waals surface area contributed by atoms with E-state index >= 15 is 0 Å². The topological polar surface area (TPSA) is 29.1 Å². The van der Waals surface area contributed by atoms with Gasteiger partial charge in [0, 0.05) is 9.26 Å². The van der Waals surface area contributed by atoms with Gasteiger partial charge >= 0.3 is 6.18 Å². The van der Waals surface area contributed by atoms with Crippen molar-refractivity contribution in [2.24, 2.45) is 0 Å². The predicted octanol–water partition coefficient (Wildman–Crippen LogP) is 4.87. The van der Waals surface area contributed by atoms with E-state index in [0.717, 1.165) is 9.64 Å². The molecule has 0 unspecified atom stereocenters. The van der Waals surface area contributed by atoms with Crippen molar-refractivity contribution in [2.75, 3.05) is 5.32 Å². The second-order valence-electron chi connectivity index (χ2n) is 4.46. The van der Waals surface area contributed by atoms with E-state index in [1.165, 1.54) is 19.1 Å². The molecule has 2 nitrogen and oxygen atoms in total. The average molecular weight is 405 g/mol. The van der Waals surface area contributed by atoms with Crippen LogP contribution in [0.3, 0.4) is 0 Å². The van der Waals surface area contributed by atoms with Gasteiger partial charge < -0.3 is 5.32 Å². The summed E-state index contributed by atoms with van der Waals surface area (Å²) in [7, 11) is 0. The summed E-state index contributed by atoms with van der Waals surface area (Å²) in [6.45, 7) is 1.38. The van der Waals surface area contributed by atoms with E-state index in [2.05, 4.69) is 5.32 Å². The van der Waals surface area contributed by atoms with Gasteiger partial charge in [-0.05, 0) is 59.3 Å². The summed E-state index contributed by atoms with van der Waals surface area (Å²) in [6.07, 6.45) is -4.44. The molecule has 2 rings (SSSR count). The number of benzene rings is 2. The fourth-order valence-electron chi connectivity index (χ4n) is 1.85. The molecule has 0 aliphatic rings. The normalized spacial score (nSPS) is 11.3. The molecular weight excluding hydrogens is 394 g/mol. The van der Waals surface area contributed by atoms with Gasteiger partial charge in [0.1, 0.15) is 0 Å². The summed E-state index contributed by atoms with van der Waals surface area (Å²) in [6, 6.07) is 10.6. The third-order valence-electron chi connectivity index (χ3n) is 2.92. The number of nitrogens with one attached hydrogen (secondary N) is 1. The summed E-state index contributed by atoms with van der Waals surface area (Å²) in [5, 5.41) is 2.50. The molecule has 0 spiro atoms. The van der Waals surface area contributed by atoms with Crippen LogP contribution < -0.4 is 5.32 Å². The predicted molar refractivity (Wildman–Crippen MR) is 83.3 cm³/mol. The molecule has 0 aromatic heterocycles. The van der Waals surface area contributed by atoms with Crippen LogP contribution in [0.2, 0.25) is 0 Å². The van der Waals surface area contributed by atoms with Crippen LogP contribution >= 0.6 is 22.6 Å². The molecule has 0 saturated heterocycles. The fourth-order valence-corrected chi connectivity index (χ4v) is 2.48. The molecule has 0 bridgehead atoms. The number of rotatable bonds is 2. The van der Waals surface area contributed by atoms with Crippen LogP contribution in [0.15, 0.2) is 42.5 Å². The minimum absolute atomic E-state index is 0.120. The van der Waals surface area contributed by atoms with Crippen molar-refractivity contribution in [2.45, 2.75) is 13.1 Å². The number of carbonyl (C=O) groups is 1. The Morgan fingerprint density at radius 1 is 1.14 bits per heavy atom. The van der Waals surface area contributed by atoms with Crippen molar-refractivity contribution in [3.05, 3.63) is 62.7 Å². The molecule has 0 aliphatic carbocycles. The van der Waals surface area contributed by atoms with Crippen molar-refractivity contribution in [1.82, 2.24) is 0 Å². The Labute approximate surface area is 133 Å². The first-order valence-corrected chi connectivity index (χ1v) is 7.10. The van der Waals surface area contributed by atoms with E-state index < -0.39 is 17.6 Å². The Morgan fingerprint density at radius 2 is 1.81 bits per heavy atom. The van der Waals surface area contributed by atoms with Crippen molar-refractivity contribution in [1.29, 1.82) is 0 Å². The van der Waals surface area contributed by atoms with Crippen LogP contribution in [0.5, 0.6) is 0 Å². The van der Waals surface area contributed by atoms with Gasteiger partial charge in [-0.1, -0.05) is 18.2 Å². The smallest absolute Gasteiger partial charge is 0.322 e.